The topological polar surface area (TPSA) is 76.6 Å². The number of hydrogen-bond acceptors (Lipinski definition) is 5. The number of aryl methyl sites for hydroxylation is 1. The lowest BCUT2D eigenvalue weighted by Gasteiger charge is -2.47. The molecule has 2 aromatic rings. The Labute approximate surface area is 191 Å². The SMILES string of the molecule is Cc1ccc(Nc2c(C(=O)N3CC(O)(CNC4CCCCNC4)C3)ccc(F)c2F)c(F)c1. The molecule has 0 aromatic heterocycles. The molecule has 4 N–H and O–H groups in total. The van der Waals surface area contributed by atoms with E-state index in [-0.39, 0.29) is 30.4 Å². The van der Waals surface area contributed by atoms with Gasteiger partial charge in [0, 0.05) is 19.1 Å². The lowest BCUT2D eigenvalue weighted by atomic mass is 9.92. The minimum absolute atomic E-state index is 0.0658. The maximum atomic E-state index is 14.6. The lowest BCUT2D eigenvalue weighted by Crippen LogP contribution is -2.68. The summed E-state index contributed by atoms with van der Waals surface area (Å²) < 4.78 is 42.8. The van der Waals surface area contributed by atoms with Gasteiger partial charge in [-0.15, -0.1) is 0 Å². The van der Waals surface area contributed by atoms with Crippen LogP contribution in [-0.4, -0.2) is 60.3 Å². The van der Waals surface area contributed by atoms with Crippen LogP contribution in [0.4, 0.5) is 24.5 Å². The van der Waals surface area contributed by atoms with Gasteiger partial charge in [0.15, 0.2) is 11.6 Å². The molecule has 1 amide bonds. The van der Waals surface area contributed by atoms with Crippen molar-refractivity contribution in [2.45, 2.75) is 37.8 Å². The molecule has 2 heterocycles. The molecule has 2 aliphatic heterocycles. The number of anilines is 2. The summed E-state index contributed by atoms with van der Waals surface area (Å²) in [5, 5.41) is 20.0. The molecule has 1 atom stereocenters. The maximum absolute atomic E-state index is 14.6. The number of hydrogen-bond donors (Lipinski definition) is 4. The van der Waals surface area contributed by atoms with Crippen LogP contribution in [0.1, 0.15) is 35.2 Å². The lowest BCUT2D eigenvalue weighted by molar-refractivity contribution is -0.0798. The van der Waals surface area contributed by atoms with E-state index in [9.17, 15) is 23.1 Å². The Hall–Kier alpha value is -2.62. The second kappa shape index (κ2) is 9.70. The molecule has 2 aliphatic rings. The standard InChI is InChI=1S/C24H29F3N4O2/c1-15-5-8-20(19(26)10-15)30-22-17(6-7-18(25)21(22)27)23(32)31-13-24(33,14-31)12-29-16-4-2-3-9-28-11-16/h5-8,10,16,28-30,33H,2-4,9,11-14H2,1H3. The van der Waals surface area contributed by atoms with Crippen LogP contribution < -0.4 is 16.0 Å². The number of nitrogens with one attached hydrogen (secondary N) is 3. The van der Waals surface area contributed by atoms with Gasteiger partial charge in [-0.25, -0.2) is 13.2 Å². The monoisotopic (exact) mass is 462 g/mol. The van der Waals surface area contributed by atoms with Gasteiger partial charge < -0.3 is 26.0 Å². The average molecular weight is 463 g/mol. The normalized spacial score (nSPS) is 20.2. The number of likely N-dealkylation sites (tertiary alicyclic amines) is 1. The molecular formula is C24H29F3N4O2. The summed E-state index contributed by atoms with van der Waals surface area (Å²) in [4.78, 5) is 14.4. The van der Waals surface area contributed by atoms with Crippen molar-refractivity contribution in [2.24, 2.45) is 0 Å². The van der Waals surface area contributed by atoms with Gasteiger partial charge in [0.25, 0.3) is 5.91 Å². The van der Waals surface area contributed by atoms with Gasteiger partial charge >= 0.3 is 0 Å². The van der Waals surface area contributed by atoms with E-state index in [1.54, 1.807) is 13.0 Å². The molecule has 0 bridgehead atoms. The molecule has 0 aliphatic carbocycles. The molecule has 2 aromatic carbocycles. The van der Waals surface area contributed by atoms with Crippen molar-refractivity contribution in [3.8, 4) is 0 Å². The summed E-state index contributed by atoms with van der Waals surface area (Å²) in [6.07, 6.45) is 3.26. The number of amides is 1. The van der Waals surface area contributed by atoms with Gasteiger partial charge in [-0.1, -0.05) is 12.5 Å². The first-order valence-corrected chi connectivity index (χ1v) is 11.2. The van der Waals surface area contributed by atoms with E-state index in [1.807, 2.05) is 0 Å². The second-order valence-electron chi connectivity index (χ2n) is 9.06. The van der Waals surface area contributed by atoms with Crippen molar-refractivity contribution >= 4 is 17.3 Å². The number of carbonyl (C=O) groups excluding carboxylic acids is 1. The summed E-state index contributed by atoms with van der Waals surface area (Å²) in [6, 6.07) is 6.57. The molecule has 9 heteroatoms. The quantitative estimate of drug-likeness (QED) is 0.531. The number of benzene rings is 2. The minimum Gasteiger partial charge on any atom is -0.385 e. The third kappa shape index (κ3) is 5.31. The smallest absolute Gasteiger partial charge is 0.256 e. The fourth-order valence-electron chi connectivity index (χ4n) is 4.32. The first kappa shape index (κ1) is 23.5. The first-order chi connectivity index (χ1) is 15.8. The number of carbonyl (C=O) groups is 1. The highest BCUT2D eigenvalue weighted by atomic mass is 19.2. The fourth-order valence-corrected chi connectivity index (χ4v) is 4.32. The summed E-state index contributed by atoms with van der Waals surface area (Å²) in [6.45, 7) is 3.99. The number of nitrogens with zero attached hydrogens (tertiary/aromatic N) is 1. The summed E-state index contributed by atoms with van der Waals surface area (Å²) in [5.74, 6) is -3.62. The molecular weight excluding hydrogens is 433 g/mol. The van der Waals surface area contributed by atoms with Crippen LogP contribution in [0.25, 0.3) is 0 Å². The average Bonchev–Trinajstić information content (AvgIpc) is 3.04. The molecule has 1 unspecified atom stereocenters. The second-order valence-corrected chi connectivity index (χ2v) is 9.06. The van der Waals surface area contributed by atoms with Gasteiger partial charge in [-0.3, -0.25) is 4.79 Å². The van der Waals surface area contributed by atoms with E-state index in [0.717, 1.165) is 38.4 Å². The van der Waals surface area contributed by atoms with Crippen molar-refractivity contribution in [2.75, 3.05) is 38.0 Å². The van der Waals surface area contributed by atoms with Crippen molar-refractivity contribution < 1.29 is 23.1 Å². The highest BCUT2D eigenvalue weighted by molar-refractivity contribution is 6.01. The highest BCUT2D eigenvalue weighted by Crippen LogP contribution is 2.31. The number of aliphatic hydroxyl groups is 1. The molecule has 0 radical (unpaired) electrons. The van der Waals surface area contributed by atoms with Gasteiger partial charge in [0.2, 0.25) is 0 Å². The third-order valence-corrected chi connectivity index (χ3v) is 6.23. The number of rotatable bonds is 6. The van der Waals surface area contributed by atoms with E-state index >= 15 is 0 Å². The van der Waals surface area contributed by atoms with Crippen LogP contribution in [0.15, 0.2) is 30.3 Å². The van der Waals surface area contributed by atoms with Gasteiger partial charge in [0.1, 0.15) is 11.4 Å². The van der Waals surface area contributed by atoms with Gasteiger partial charge in [-0.2, -0.15) is 0 Å². The third-order valence-electron chi connectivity index (χ3n) is 6.23. The highest BCUT2D eigenvalue weighted by Gasteiger charge is 2.44. The van der Waals surface area contributed by atoms with Crippen LogP contribution in [0.3, 0.4) is 0 Å². The minimum atomic E-state index is -1.26. The maximum Gasteiger partial charge on any atom is 0.256 e. The fraction of sp³-hybridized carbons (Fsp3) is 0.458. The largest absolute Gasteiger partial charge is 0.385 e. The van der Waals surface area contributed by atoms with Crippen LogP contribution in [0, 0.1) is 24.4 Å². The van der Waals surface area contributed by atoms with Crippen LogP contribution in [0.2, 0.25) is 0 Å². The molecule has 0 saturated carbocycles. The van der Waals surface area contributed by atoms with Crippen molar-refractivity contribution in [1.82, 2.24) is 15.5 Å². The Kier molecular flexibility index (Phi) is 6.92. The number of β-amino-alcohol motifs (C(OH)–C–C–N with tert-alkyl or cyclic N) is 1. The zero-order valence-electron chi connectivity index (χ0n) is 18.6. The van der Waals surface area contributed by atoms with E-state index in [0.29, 0.717) is 12.1 Å². The Morgan fingerprint density at radius 1 is 1.18 bits per heavy atom. The molecule has 0 spiro atoms. The molecule has 2 saturated heterocycles. The van der Waals surface area contributed by atoms with Crippen molar-refractivity contribution in [3.05, 3.63) is 58.9 Å². The van der Waals surface area contributed by atoms with Crippen molar-refractivity contribution in [1.29, 1.82) is 0 Å². The Morgan fingerprint density at radius 3 is 2.73 bits per heavy atom. The molecule has 33 heavy (non-hydrogen) atoms. The zero-order chi connectivity index (χ0) is 23.6. The first-order valence-electron chi connectivity index (χ1n) is 11.2. The summed E-state index contributed by atoms with van der Waals surface area (Å²) >= 11 is 0. The van der Waals surface area contributed by atoms with Crippen LogP contribution >= 0.6 is 0 Å². The Morgan fingerprint density at radius 2 is 1.97 bits per heavy atom. The Bertz CT molecular complexity index is 1020. The van der Waals surface area contributed by atoms with Crippen molar-refractivity contribution in [3.63, 3.8) is 0 Å². The predicted octanol–water partition coefficient (Wildman–Crippen LogP) is 3.07. The molecule has 6 nitrogen and oxygen atoms in total. The molecule has 4 rings (SSSR count). The van der Waals surface area contributed by atoms with Gasteiger partial charge in [-0.05, 0) is 56.1 Å². The molecule has 2 fully saturated rings. The van der Waals surface area contributed by atoms with Crippen LogP contribution in [0.5, 0.6) is 0 Å². The summed E-state index contributed by atoms with van der Waals surface area (Å²) in [7, 11) is 0. The van der Waals surface area contributed by atoms with Crippen LogP contribution in [-0.2, 0) is 0 Å². The predicted molar refractivity (Wildman–Crippen MR) is 120 cm³/mol. The van der Waals surface area contributed by atoms with E-state index in [2.05, 4.69) is 16.0 Å². The number of halogens is 3. The Balaban J connectivity index is 1.45. The molecule has 178 valence electrons. The van der Waals surface area contributed by atoms with E-state index in [1.165, 1.54) is 23.1 Å². The zero-order valence-corrected chi connectivity index (χ0v) is 18.6. The van der Waals surface area contributed by atoms with E-state index in [4.69, 9.17) is 0 Å². The van der Waals surface area contributed by atoms with Gasteiger partial charge in [0.05, 0.1) is 30.0 Å². The summed E-state index contributed by atoms with van der Waals surface area (Å²) in [5.41, 5.74) is -1.04. The van der Waals surface area contributed by atoms with E-state index < -0.39 is 34.6 Å².